The molecule has 3 aromatic rings. The van der Waals surface area contributed by atoms with Gasteiger partial charge >= 0.3 is 0 Å². The van der Waals surface area contributed by atoms with Crippen LogP contribution in [0.1, 0.15) is 46.7 Å². The molecule has 0 aliphatic heterocycles. The van der Waals surface area contributed by atoms with Gasteiger partial charge < -0.3 is 20.1 Å². The van der Waals surface area contributed by atoms with Crippen LogP contribution in [0.15, 0.2) is 60.0 Å². The van der Waals surface area contributed by atoms with E-state index in [0.717, 1.165) is 31.2 Å². The predicted octanol–water partition coefficient (Wildman–Crippen LogP) is 4.13. The lowest BCUT2D eigenvalue weighted by molar-refractivity contribution is -0.121. The van der Waals surface area contributed by atoms with Crippen LogP contribution < -0.4 is 20.1 Å². The van der Waals surface area contributed by atoms with E-state index in [1.54, 1.807) is 12.5 Å². The van der Waals surface area contributed by atoms with E-state index < -0.39 is 0 Å². The number of rotatable bonds is 9. The third-order valence-electron chi connectivity index (χ3n) is 5.84. The van der Waals surface area contributed by atoms with Crippen LogP contribution in [0.5, 0.6) is 11.5 Å². The largest absolute Gasteiger partial charge is 0.493 e. The molecular formula is C26H29N3O4S. The van der Waals surface area contributed by atoms with Gasteiger partial charge in [0.25, 0.3) is 5.91 Å². The second kappa shape index (κ2) is 11.7. The molecule has 1 aliphatic carbocycles. The van der Waals surface area contributed by atoms with E-state index in [1.165, 1.54) is 11.3 Å². The van der Waals surface area contributed by atoms with Crippen molar-refractivity contribution in [2.45, 2.75) is 50.8 Å². The molecule has 1 saturated carbocycles. The van der Waals surface area contributed by atoms with E-state index in [-0.39, 0.29) is 30.5 Å². The molecule has 8 heteroatoms. The molecule has 7 nitrogen and oxygen atoms in total. The Morgan fingerprint density at radius 3 is 2.38 bits per heavy atom. The van der Waals surface area contributed by atoms with Crippen molar-refractivity contribution >= 4 is 23.2 Å². The van der Waals surface area contributed by atoms with Crippen molar-refractivity contribution in [1.82, 2.24) is 15.6 Å². The van der Waals surface area contributed by atoms with Gasteiger partial charge in [-0.2, -0.15) is 0 Å². The third-order valence-corrected chi connectivity index (χ3v) is 6.66. The number of hydrogen-bond donors (Lipinski definition) is 2. The summed E-state index contributed by atoms with van der Waals surface area (Å²) in [4.78, 5) is 29.9. The normalized spacial score (nSPS) is 17.6. The Morgan fingerprint density at radius 1 is 0.971 bits per heavy atom. The highest BCUT2D eigenvalue weighted by Crippen LogP contribution is 2.27. The number of nitrogens with one attached hydrogen (secondary N) is 2. The fourth-order valence-electron chi connectivity index (χ4n) is 4.12. The van der Waals surface area contributed by atoms with Gasteiger partial charge in [0, 0.05) is 17.5 Å². The van der Waals surface area contributed by atoms with Crippen molar-refractivity contribution in [3.05, 3.63) is 76.2 Å². The summed E-state index contributed by atoms with van der Waals surface area (Å²) in [6.45, 7) is 0.250. The molecule has 1 fully saturated rings. The molecule has 0 spiro atoms. The van der Waals surface area contributed by atoms with Gasteiger partial charge in [0.2, 0.25) is 5.91 Å². The molecule has 178 valence electrons. The van der Waals surface area contributed by atoms with Crippen molar-refractivity contribution < 1.29 is 19.1 Å². The van der Waals surface area contributed by atoms with E-state index in [2.05, 4.69) is 15.6 Å². The summed E-state index contributed by atoms with van der Waals surface area (Å²) in [6, 6.07) is 16.9. The molecule has 0 bridgehead atoms. The first kappa shape index (κ1) is 23.8. The molecule has 1 aliphatic rings. The number of amides is 2. The smallest absolute Gasteiger partial charge is 0.271 e. The Bertz CT molecular complexity index is 1100. The van der Waals surface area contributed by atoms with Crippen molar-refractivity contribution in [2.75, 3.05) is 7.11 Å². The molecule has 2 aromatic carbocycles. The maximum Gasteiger partial charge on any atom is 0.271 e. The minimum atomic E-state index is -0.228. The van der Waals surface area contributed by atoms with Crippen LogP contribution in [-0.2, 0) is 17.8 Å². The molecule has 34 heavy (non-hydrogen) atoms. The number of methoxy groups -OCH3 is 1. The Balaban J connectivity index is 1.32. The van der Waals surface area contributed by atoms with E-state index >= 15 is 0 Å². The number of benzene rings is 2. The molecule has 1 heterocycles. The molecule has 0 saturated heterocycles. The van der Waals surface area contributed by atoms with Crippen molar-refractivity contribution in [2.24, 2.45) is 0 Å². The topological polar surface area (TPSA) is 89.6 Å². The van der Waals surface area contributed by atoms with E-state index in [1.807, 2.05) is 54.6 Å². The molecule has 1 aromatic heterocycles. The Labute approximate surface area is 203 Å². The number of thiazole rings is 1. The first-order valence-electron chi connectivity index (χ1n) is 11.5. The van der Waals surface area contributed by atoms with Gasteiger partial charge in [-0.15, -0.1) is 11.3 Å². The lowest BCUT2D eigenvalue weighted by Gasteiger charge is -2.32. The highest BCUT2D eigenvalue weighted by atomic mass is 32.1. The summed E-state index contributed by atoms with van der Waals surface area (Å²) in [7, 11) is 1.59. The van der Waals surface area contributed by atoms with Gasteiger partial charge in [0.15, 0.2) is 11.5 Å². The number of carbonyl (C=O) groups is 2. The van der Waals surface area contributed by atoms with Crippen molar-refractivity contribution in [1.29, 1.82) is 0 Å². The van der Waals surface area contributed by atoms with Crippen LogP contribution in [-0.4, -0.2) is 36.0 Å². The molecule has 2 amide bonds. The zero-order chi connectivity index (χ0) is 23.8. The fourth-order valence-corrected chi connectivity index (χ4v) is 4.80. The van der Waals surface area contributed by atoms with Gasteiger partial charge in [-0.3, -0.25) is 9.59 Å². The van der Waals surface area contributed by atoms with Crippen LogP contribution in [0.2, 0.25) is 0 Å². The Hall–Kier alpha value is -3.39. The van der Waals surface area contributed by atoms with Gasteiger partial charge in [-0.05, 0) is 30.5 Å². The van der Waals surface area contributed by atoms with Gasteiger partial charge in [0.05, 0.1) is 13.5 Å². The average molecular weight is 480 g/mol. The van der Waals surface area contributed by atoms with Crippen molar-refractivity contribution in [3.8, 4) is 11.5 Å². The number of hydrogen-bond acceptors (Lipinski definition) is 6. The van der Waals surface area contributed by atoms with E-state index in [4.69, 9.17) is 9.47 Å². The molecule has 0 unspecified atom stereocenters. The number of aromatic nitrogens is 1. The summed E-state index contributed by atoms with van der Waals surface area (Å²) >= 11 is 1.38. The average Bonchev–Trinajstić information content (AvgIpc) is 3.34. The first-order chi connectivity index (χ1) is 16.6. The summed E-state index contributed by atoms with van der Waals surface area (Å²) in [5.74, 6) is 1.02. The molecule has 0 radical (unpaired) electrons. The van der Waals surface area contributed by atoms with Crippen LogP contribution in [0.3, 0.4) is 0 Å². The second-order valence-corrected chi connectivity index (χ2v) is 9.21. The van der Waals surface area contributed by atoms with E-state index in [9.17, 15) is 9.59 Å². The van der Waals surface area contributed by atoms with Crippen LogP contribution >= 0.6 is 11.3 Å². The van der Waals surface area contributed by atoms with Crippen molar-refractivity contribution in [3.63, 3.8) is 0 Å². The van der Waals surface area contributed by atoms with Crippen LogP contribution in [0.25, 0.3) is 0 Å². The standard InChI is InChI=1S/C26H29N3O4S/c1-32-22-13-7-8-14-23(22)33-16-25-28-21(17-34-25)26(31)29-20-12-6-5-11-19(20)27-24(30)15-18-9-3-2-4-10-18/h2-4,7-10,13-14,17,19-20H,5-6,11-12,15-16H2,1H3,(H,27,30)(H,29,31)/t19-,20+/m1/s1. The Morgan fingerprint density at radius 2 is 1.65 bits per heavy atom. The summed E-state index contributed by atoms with van der Waals surface area (Å²) < 4.78 is 11.1. The molecular weight excluding hydrogens is 450 g/mol. The highest BCUT2D eigenvalue weighted by Gasteiger charge is 2.28. The summed E-state index contributed by atoms with van der Waals surface area (Å²) in [5, 5.41) is 8.65. The van der Waals surface area contributed by atoms with Crippen LogP contribution in [0.4, 0.5) is 0 Å². The lowest BCUT2D eigenvalue weighted by atomic mass is 9.90. The monoisotopic (exact) mass is 479 g/mol. The summed E-state index contributed by atoms with van der Waals surface area (Å²) in [5.41, 5.74) is 1.34. The SMILES string of the molecule is COc1ccccc1OCc1nc(C(=O)N[C@H]2CCCC[C@H]2NC(=O)Cc2ccccc2)cs1. The zero-order valence-corrected chi connectivity index (χ0v) is 20.0. The quantitative estimate of drug-likeness (QED) is 0.482. The first-order valence-corrected chi connectivity index (χ1v) is 12.3. The minimum absolute atomic E-state index is 0.0261. The van der Waals surface area contributed by atoms with Gasteiger partial charge in [-0.25, -0.2) is 4.98 Å². The minimum Gasteiger partial charge on any atom is -0.493 e. The molecule has 2 atom stereocenters. The number of nitrogens with zero attached hydrogens (tertiary/aromatic N) is 1. The van der Waals surface area contributed by atoms with Gasteiger partial charge in [-0.1, -0.05) is 55.3 Å². The number of ether oxygens (including phenoxy) is 2. The van der Waals surface area contributed by atoms with Crippen LogP contribution in [0, 0.1) is 0 Å². The molecule has 2 N–H and O–H groups in total. The highest BCUT2D eigenvalue weighted by molar-refractivity contribution is 7.09. The second-order valence-electron chi connectivity index (χ2n) is 8.27. The zero-order valence-electron chi connectivity index (χ0n) is 19.2. The fraction of sp³-hybridized carbons (Fsp3) is 0.346. The lowest BCUT2D eigenvalue weighted by Crippen LogP contribution is -2.53. The predicted molar refractivity (Wildman–Crippen MR) is 131 cm³/mol. The number of carbonyl (C=O) groups excluding carboxylic acids is 2. The molecule has 4 rings (SSSR count). The van der Waals surface area contributed by atoms with Gasteiger partial charge in [0.1, 0.15) is 17.3 Å². The third kappa shape index (κ3) is 6.35. The maximum absolute atomic E-state index is 12.9. The number of para-hydroxylation sites is 2. The maximum atomic E-state index is 12.9. The van der Waals surface area contributed by atoms with E-state index in [0.29, 0.717) is 28.6 Å². The Kier molecular flexibility index (Phi) is 8.14. The summed E-state index contributed by atoms with van der Waals surface area (Å²) in [6.07, 6.45) is 4.06.